The van der Waals surface area contributed by atoms with Crippen molar-refractivity contribution >= 4 is 24.3 Å². The molecule has 4 aromatic carbocycles. The number of rotatable bonds is 11. The number of amides is 1. The summed E-state index contributed by atoms with van der Waals surface area (Å²) in [5.74, 6) is 0.519. The summed E-state index contributed by atoms with van der Waals surface area (Å²) < 4.78 is 11.8. The fourth-order valence-electron chi connectivity index (χ4n) is 7.22. The number of carboxylic acid groups (broad SMARTS) is 1. The van der Waals surface area contributed by atoms with Gasteiger partial charge in [-0.25, -0.2) is 4.79 Å². The van der Waals surface area contributed by atoms with Crippen molar-refractivity contribution < 1.29 is 34.4 Å². The number of nitrogens with one attached hydrogen (secondary N) is 1. The van der Waals surface area contributed by atoms with Gasteiger partial charge < -0.3 is 35.8 Å². The predicted octanol–water partition coefficient (Wildman–Crippen LogP) is 8.95. The second-order valence-electron chi connectivity index (χ2n) is 15.2. The summed E-state index contributed by atoms with van der Waals surface area (Å²) in [4.78, 5) is 23.5. The van der Waals surface area contributed by atoms with E-state index in [1.54, 1.807) is 12.1 Å². The number of nitrogens with two attached hydrogens (primary N) is 1. The molecular formula is C46H61ClN2O7. The minimum absolute atomic E-state index is 0. The summed E-state index contributed by atoms with van der Waals surface area (Å²) in [6.07, 6.45) is 10.1. The molecule has 0 radical (unpaired) electrons. The Hall–Kier alpha value is -4.41. The Labute approximate surface area is 339 Å². The first-order chi connectivity index (χ1) is 26.3. The minimum Gasteiger partial charge on any atom is -0.488 e. The van der Waals surface area contributed by atoms with Crippen molar-refractivity contribution in [2.75, 3.05) is 13.1 Å². The zero-order valence-electron chi connectivity index (χ0n) is 33.4. The lowest BCUT2D eigenvalue weighted by atomic mass is 9.85. The van der Waals surface area contributed by atoms with Gasteiger partial charge in [-0.2, -0.15) is 0 Å². The molecule has 0 unspecified atom stereocenters. The Morgan fingerprint density at radius 2 is 1.00 bits per heavy atom. The molecule has 56 heavy (non-hydrogen) atoms. The molecule has 2 aliphatic carbocycles. The summed E-state index contributed by atoms with van der Waals surface area (Å²) in [6.45, 7) is 9.37. The van der Waals surface area contributed by atoms with Gasteiger partial charge in [0.15, 0.2) is 0 Å². The largest absolute Gasteiger partial charge is 0.488 e. The first-order valence-electron chi connectivity index (χ1n) is 19.5. The number of benzene rings is 4. The molecular weight excluding hydrogens is 728 g/mol. The van der Waals surface area contributed by atoms with Crippen LogP contribution in [-0.4, -0.2) is 51.5 Å². The van der Waals surface area contributed by atoms with Crippen molar-refractivity contribution in [1.29, 1.82) is 0 Å². The molecule has 0 bridgehead atoms. The molecule has 0 spiro atoms. The fraction of sp³-hybridized carbons (Fsp3) is 0.435. The van der Waals surface area contributed by atoms with Crippen molar-refractivity contribution in [1.82, 2.24) is 5.32 Å². The Kier molecular flexibility index (Phi) is 18.4. The van der Waals surface area contributed by atoms with Crippen LogP contribution in [-0.2, 0) is 13.2 Å². The van der Waals surface area contributed by atoms with E-state index in [1.165, 1.54) is 12.8 Å². The number of aryl methyl sites for hydroxylation is 4. The lowest BCUT2D eigenvalue weighted by molar-refractivity contribution is 0.00524. The zero-order chi connectivity index (χ0) is 39.8. The molecule has 4 aromatic rings. The van der Waals surface area contributed by atoms with Crippen molar-refractivity contribution in [3.63, 3.8) is 0 Å². The predicted molar refractivity (Wildman–Crippen MR) is 225 cm³/mol. The van der Waals surface area contributed by atoms with Gasteiger partial charge >= 0.3 is 5.97 Å². The van der Waals surface area contributed by atoms with E-state index in [0.29, 0.717) is 37.4 Å². The molecule has 6 N–H and O–H groups in total. The average molecular weight is 789 g/mol. The maximum absolute atomic E-state index is 12.6. The third kappa shape index (κ3) is 14.3. The maximum atomic E-state index is 12.6. The number of aliphatic hydroxyl groups is 2. The van der Waals surface area contributed by atoms with Crippen LogP contribution in [0.25, 0.3) is 0 Å². The van der Waals surface area contributed by atoms with Crippen LogP contribution in [0, 0.1) is 27.7 Å². The average Bonchev–Trinajstić information content (AvgIpc) is 3.18. The molecule has 1 amide bonds. The maximum Gasteiger partial charge on any atom is 0.335 e. The van der Waals surface area contributed by atoms with E-state index in [9.17, 15) is 19.8 Å². The number of hydrogen-bond donors (Lipinski definition) is 5. The van der Waals surface area contributed by atoms with Crippen LogP contribution >= 0.6 is 12.4 Å². The fourth-order valence-corrected chi connectivity index (χ4v) is 7.22. The van der Waals surface area contributed by atoms with Gasteiger partial charge in [0.1, 0.15) is 24.7 Å². The van der Waals surface area contributed by atoms with Crippen molar-refractivity contribution in [2.24, 2.45) is 5.73 Å². The van der Waals surface area contributed by atoms with E-state index < -0.39 is 17.2 Å². The number of carboxylic acids is 1. The molecule has 2 fully saturated rings. The van der Waals surface area contributed by atoms with Gasteiger partial charge in [-0.05, 0) is 111 Å². The molecule has 9 nitrogen and oxygen atoms in total. The number of ether oxygens (including phenoxy) is 2. The number of aromatic carboxylic acids is 1. The van der Waals surface area contributed by atoms with Crippen molar-refractivity contribution in [2.45, 2.75) is 116 Å². The standard InChI is InChI=1S/C23H29NO3.C16H16O3.C7H15NO.ClH/c1-17-13-20(22(25)24-16-23(26)11-7-4-8-12-23)14-18(2)21(17)27-15-19-9-5-3-6-10-19;1-11-8-14(16(17)18)9-12(2)15(11)19-10-13-6-4-3-5-7-13;8-6-7(9)4-2-1-3-5-7;/h3,5-6,9-10,13-14,26H,4,7-8,11-12,15-16H2,1-2H3,(H,24,25);3-9H,10H2,1-2H3,(H,17,18);9H,1-6,8H2;1H. The van der Waals surface area contributed by atoms with Crippen LogP contribution in [0.15, 0.2) is 84.9 Å². The van der Waals surface area contributed by atoms with Crippen LogP contribution in [0.1, 0.15) is 118 Å². The lowest BCUT2D eigenvalue weighted by Crippen LogP contribution is -2.44. The molecule has 6 rings (SSSR count). The summed E-state index contributed by atoms with van der Waals surface area (Å²) in [5, 5.41) is 32.0. The summed E-state index contributed by atoms with van der Waals surface area (Å²) in [7, 11) is 0. The number of carbonyl (C=O) groups is 2. The highest BCUT2D eigenvalue weighted by atomic mass is 35.5. The Balaban J connectivity index is 0.000000251. The van der Waals surface area contributed by atoms with E-state index in [4.69, 9.17) is 20.3 Å². The molecule has 0 aliphatic heterocycles. The van der Waals surface area contributed by atoms with Gasteiger partial charge in [0.05, 0.1) is 16.8 Å². The minimum atomic E-state index is -0.916. The van der Waals surface area contributed by atoms with Crippen LogP contribution in [0.4, 0.5) is 0 Å². The zero-order valence-corrected chi connectivity index (χ0v) is 34.3. The van der Waals surface area contributed by atoms with Gasteiger partial charge in [-0.15, -0.1) is 12.4 Å². The molecule has 304 valence electrons. The molecule has 0 aromatic heterocycles. The number of carbonyl (C=O) groups excluding carboxylic acids is 1. The van der Waals surface area contributed by atoms with E-state index in [0.717, 1.165) is 96.2 Å². The highest BCUT2D eigenvalue weighted by molar-refractivity contribution is 5.95. The Morgan fingerprint density at radius 3 is 1.36 bits per heavy atom. The third-order valence-electron chi connectivity index (χ3n) is 10.4. The van der Waals surface area contributed by atoms with E-state index in [1.807, 2.05) is 100 Å². The smallest absolute Gasteiger partial charge is 0.335 e. The third-order valence-corrected chi connectivity index (χ3v) is 10.4. The monoisotopic (exact) mass is 788 g/mol. The normalized spacial score (nSPS) is 15.3. The van der Waals surface area contributed by atoms with Gasteiger partial charge in [-0.1, -0.05) is 99.2 Å². The SMILES string of the molecule is Cc1cc(C(=O)NCC2(O)CCCCC2)cc(C)c1OCc1ccccc1.Cc1cc(C(=O)O)cc(C)c1OCc1ccccc1.Cl.NCC1(O)CCCCC1. The van der Waals surface area contributed by atoms with Crippen LogP contribution in [0.5, 0.6) is 11.5 Å². The van der Waals surface area contributed by atoms with Gasteiger partial charge in [0.25, 0.3) is 5.91 Å². The summed E-state index contributed by atoms with van der Waals surface area (Å²) in [6, 6.07) is 26.9. The van der Waals surface area contributed by atoms with E-state index in [-0.39, 0.29) is 18.3 Å². The second kappa shape index (κ2) is 22.4. The molecule has 2 aliphatic rings. The lowest BCUT2D eigenvalue weighted by Gasteiger charge is -2.32. The van der Waals surface area contributed by atoms with Gasteiger partial charge in [0, 0.05) is 18.7 Å². The van der Waals surface area contributed by atoms with Crippen LogP contribution in [0.3, 0.4) is 0 Å². The molecule has 0 atom stereocenters. The Bertz CT molecular complexity index is 1780. The Morgan fingerprint density at radius 1 is 0.625 bits per heavy atom. The van der Waals surface area contributed by atoms with E-state index in [2.05, 4.69) is 5.32 Å². The first kappa shape index (κ1) is 46.0. The molecule has 10 heteroatoms. The first-order valence-corrected chi connectivity index (χ1v) is 19.5. The number of hydrogen-bond acceptors (Lipinski definition) is 7. The van der Waals surface area contributed by atoms with Gasteiger partial charge in [0.2, 0.25) is 0 Å². The van der Waals surface area contributed by atoms with Crippen LogP contribution in [0.2, 0.25) is 0 Å². The second-order valence-corrected chi connectivity index (χ2v) is 15.2. The van der Waals surface area contributed by atoms with Crippen molar-refractivity contribution in [3.05, 3.63) is 129 Å². The van der Waals surface area contributed by atoms with E-state index >= 15 is 0 Å². The summed E-state index contributed by atoms with van der Waals surface area (Å²) >= 11 is 0. The highest BCUT2D eigenvalue weighted by Crippen LogP contribution is 2.30. The molecule has 0 heterocycles. The van der Waals surface area contributed by atoms with Gasteiger partial charge in [-0.3, -0.25) is 4.79 Å². The van der Waals surface area contributed by atoms with Crippen LogP contribution < -0.4 is 20.5 Å². The molecule has 2 saturated carbocycles. The summed E-state index contributed by atoms with van der Waals surface area (Å²) in [5.41, 5.74) is 10.8. The topological polar surface area (TPSA) is 151 Å². The quantitative estimate of drug-likeness (QED) is 0.101. The number of halogens is 1. The molecule has 0 saturated heterocycles. The van der Waals surface area contributed by atoms with Crippen molar-refractivity contribution in [3.8, 4) is 11.5 Å². The highest BCUT2D eigenvalue weighted by Gasteiger charge is 2.30.